The maximum Gasteiger partial charge on any atom is 0.269 e. The summed E-state index contributed by atoms with van der Waals surface area (Å²) in [5.41, 5.74) is 1.57. The summed E-state index contributed by atoms with van der Waals surface area (Å²) in [7, 11) is 3.43. The van der Waals surface area contributed by atoms with Crippen LogP contribution in [0.1, 0.15) is 42.9 Å². The zero-order chi connectivity index (χ0) is 13.5. The molecule has 0 saturated heterocycles. The second kappa shape index (κ2) is 7.16. The van der Waals surface area contributed by atoms with Crippen LogP contribution in [0.4, 0.5) is 0 Å². The standard InChI is InChI=1S/C13H23N3O2/c1-5-7-11-8-12(16(3)15-11)13(17)14-10(6-2)9-18-4/h8,10H,5-7,9H2,1-4H3,(H,14,17)/t10-/m0/s1. The van der Waals surface area contributed by atoms with Gasteiger partial charge in [-0.2, -0.15) is 5.10 Å². The summed E-state index contributed by atoms with van der Waals surface area (Å²) in [6.07, 6.45) is 2.77. The van der Waals surface area contributed by atoms with Gasteiger partial charge in [0.05, 0.1) is 18.3 Å². The van der Waals surface area contributed by atoms with E-state index in [2.05, 4.69) is 17.3 Å². The molecule has 0 aliphatic rings. The van der Waals surface area contributed by atoms with E-state index in [-0.39, 0.29) is 11.9 Å². The van der Waals surface area contributed by atoms with Crippen molar-refractivity contribution in [2.24, 2.45) is 7.05 Å². The quantitative estimate of drug-likeness (QED) is 0.801. The maximum atomic E-state index is 12.1. The van der Waals surface area contributed by atoms with Gasteiger partial charge in [-0.1, -0.05) is 20.3 Å². The number of nitrogens with one attached hydrogen (secondary N) is 1. The molecular weight excluding hydrogens is 230 g/mol. The van der Waals surface area contributed by atoms with Crippen LogP contribution in [0.2, 0.25) is 0 Å². The molecule has 1 aromatic heterocycles. The fourth-order valence-electron chi connectivity index (χ4n) is 1.84. The fourth-order valence-corrected chi connectivity index (χ4v) is 1.84. The van der Waals surface area contributed by atoms with E-state index in [0.29, 0.717) is 12.3 Å². The van der Waals surface area contributed by atoms with Crippen molar-refractivity contribution < 1.29 is 9.53 Å². The molecule has 5 nitrogen and oxygen atoms in total. The molecule has 18 heavy (non-hydrogen) atoms. The summed E-state index contributed by atoms with van der Waals surface area (Å²) in [4.78, 5) is 12.1. The number of rotatable bonds is 7. The van der Waals surface area contributed by atoms with Crippen LogP contribution in [0, 0.1) is 0 Å². The van der Waals surface area contributed by atoms with Crippen LogP contribution in [0.3, 0.4) is 0 Å². The molecule has 1 amide bonds. The van der Waals surface area contributed by atoms with E-state index < -0.39 is 0 Å². The van der Waals surface area contributed by atoms with E-state index in [0.717, 1.165) is 25.0 Å². The van der Waals surface area contributed by atoms with Gasteiger partial charge in [-0.3, -0.25) is 9.48 Å². The summed E-state index contributed by atoms with van der Waals surface area (Å²) in [5.74, 6) is -0.0868. The smallest absolute Gasteiger partial charge is 0.269 e. The van der Waals surface area contributed by atoms with Crippen LogP contribution >= 0.6 is 0 Å². The highest BCUT2D eigenvalue weighted by molar-refractivity contribution is 5.92. The van der Waals surface area contributed by atoms with Crippen molar-refractivity contribution in [3.05, 3.63) is 17.5 Å². The molecule has 1 heterocycles. The lowest BCUT2D eigenvalue weighted by Gasteiger charge is -2.15. The first kappa shape index (κ1) is 14.7. The number of nitrogens with zero attached hydrogens (tertiary/aromatic N) is 2. The van der Waals surface area contributed by atoms with Crippen LogP contribution in [0.5, 0.6) is 0 Å². The monoisotopic (exact) mass is 253 g/mol. The van der Waals surface area contributed by atoms with Crippen molar-refractivity contribution in [3.8, 4) is 0 Å². The van der Waals surface area contributed by atoms with Crippen molar-refractivity contribution in [1.29, 1.82) is 0 Å². The van der Waals surface area contributed by atoms with Crippen molar-refractivity contribution in [2.45, 2.75) is 39.2 Å². The topological polar surface area (TPSA) is 56.1 Å². The summed E-state index contributed by atoms with van der Waals surface area (Å²) >= 11 is 0. The Morgan fingerprint density at radius 1 is 1.56 bits per heavy atom. The molecular formula is C13H23N3O2. The molecule has 0 spiro atoms. The third kappa shape index (κ3) is 3.84. The van der Waals surface area contributed by atoms with Crippen molar-refractivity contribution in [3.63, 3.8) is 0 Å². The normalized spacial score (nSPS) is 12.4. The van der Waals surface area contributed by atoms with Gasteiger partial charge in [0.15, 0.2) is 0 Å². The molecule has 0 bridgehead atoms. The summed E-state index contributed by atoms with van der Waals surface area (Å²) in [6.45, 7) is 4.65. The van der Waals surface area contributed by atoms with E-state index in [1.165, 1.54) is 0 Å². The Hall–Kier alpha value is -1.36. The van der Waals surface area contributed by atoms with Gasteiger partial charge in [-0.15, -0.1) is 0 Å². The van der Waals surface area contributed by atoms with Gasteiger partial charge in [0.25, 0.3) is 5.91 Å². The fraction of sp³-hybridized carbons (Fsp3) is 0.692. The minimum absolute atomic E-state index is 0.0482. The first-order valence-electron chi connectivity index (χ1n) is 6.45. The average molecular weight is 253 g/mol. The molecule has 1 N–H and O–H groups in total. The van der Waals surface area contributed by atoms with Gasteiger partial charge in [0.2, 0.25) is 0 Å². The van der Waals surface area contributed by atoms with Gasteiger partial charge in [0, 0.05) is 14.2 Å². The minimum atomic E-state index is -0.0868. The molecule has 5 heteroatoms. The molecule has 1 aromatic rings. The number of aryl methyl sites for hydroxylation is 2. The number of carbonyl (C=O) groups excluding carboxylic acids is 1. The lowest BCUT2D eigenvalue weighted by Crippen LogP contribution is -2.38. The van der Waals surface area contributed by atoms with Crippen molar-refractivity contribution in [2.75, 3.05) is 13.7 Å². The summed E-state index contributed by atoms with van der Waals surface area (Å²) in [6, 6.07) is 1.91. The van der Waals surface area contributed by atoms with Gasteiger partial charge in [-0.05, 0) is 18.9 Å². The van der Waals surface area contributed by atoms with Gasteiger partial charge >= 0.3 is 0 Å². The van der Waals surface area contributed by atoms with Crippen molar-refractivity contribution >= 4 is 5.91 Å². The number of carbonyl (C=O) groups is 1. The Bertz CT molecular complexity index is 388. The van der Waals surface area contributed by atoms with Crippen LogP contribution in [0.25, 0.3) is 0 Å². The number of aromatic nitrogens is 2. The molecule has 0 aliphatic heterocycles. The molecule has 102 valence electrons. The Kier molecular flexibility index (Phi) is 5.85. The predicted octanol–water partition coefficient (Wildman–Crippen LogP) is 1.53. The number of methoxy groups -OCH3 is 1. The zero-order valence-corrected chi connectivity index (χ0v) is 11.7. The molecule has 0 aromatic carbocycles. The van der Waals surface area contributed by atoms with E-state index in [4.69, 9.17) is 4.74 Å². The molecule has 0 fully saturated rings. The Labute approximate surface area is 109 Å². The molecule has 1 rings (SSSR count). The average Bonchev–Trinajstić information content (AvgIpc) is 2.70. The van der Waals surface area contributed by atoms with Crippen LogP contribution < -0.4 is 5.32 Å². The van der Waals surface area contributed by atoms with Crippen LogP contribution in [-0.4, -0.2) is 35.4 Å². The molecule has 1 atom stereocenters. The second-order valence-corrected chi connectivity index (χ2v) is 4.43. The Morgan fingerprint density at radius 3 is 2.83 bits per heavy atom. The first-order valence-corrected chi connectivity index (χ1v) is 6.45. The number of hydrogen-bond acceptors (Lipinski definition) is 3. The van der Waals surface area contributed by atoms with Crippen molar-refractivity contribution in [1.82, 2.24) is 15.1 Å². The Morgan fingerprint density at radius 2 is 2.28 bits per heavy atom. The highest BCUT2D eigenvalue weighted by Gasteiger charge is 2.16. The SMILES string of the molecule is CCCc1cc(C(=O)N[C@@H](CC)COC)n(C)n1. The minimum Gasteiger partial charge on any atom is -0.383 e. The van der Waals surface area contributed by atoms with Gasteiger partial charge < -0.3 is 10.1 Å². The van der Waals surface area contributed by atoms with Gasteiger partial charge in [-0.25, -0.2) is 0 Å². The largest absolute Gasteiger partial charge is 0.383 e. The van der Waals surface area contributed by atoms with Gasteiger partial charge in [0.1, 0.15) is 5.69 Å². The van der Waals surface area contributed by atoms with Crippen LogP contribution in [0.15, 0.2) is 6.07 Å². The number of amides is 1. The molecule has 0 saturated carbocycles. The van der Waals surface area contributed by atoms with E-state index in [9.17, 15) is 4.79 Å². The lowest BCUT2D eigenvalue weighted by atomic mass is 10.2. The maximum absolute atomic E-state index is 12.1. The highest BCUT2D eigenvalue weighted by Crippen LogP contribution is 2.06. The molecule has 0 radical (unpaired) electrons. The van der Waals surface area contributed by atoms with E-state index in [1.54, 1.807) is 18.8 Å². The molecule has 0 aliphatic carbocycles. The summed E-state index contributed by atoms with van der Waals surface area (Å²) < 4.78 is 6.71. The predicted molar refractivity (Wildman–Crippen MR) is 70.6 cm³/mol. The summed E-state index contributed by atoms with van der Waals surface area (Å²) in [5, 5.41) is 7.28. The highest BCUT2D eigenvalue weighted by atomic mass is 16.5. The first-order chi connectivity index (χ1) is 8.62. The number of ether oxygens (including phenoxy) is 1. The van der Waals surface area contributed by atoms with E-state index >= 15 is 0 Å². The third-order valence-electron chi connectivity index (χ3n) is 2.87. The number of hydrogen-bond donors (Lipinski definition) is 1. The Balaban J connectivity index is 2.70. The lowest BCUT2D eigenvalue weighted by molar-refractivity contribution is 0.0885. The second-order valence-electron chi connectivity index (χ2n) is 4.43. The molecule has 0 unspecified atom stereocenters. The van der Waals surface area contributed by atoms with E-state index in [1.807, 2.05) is 13.0 Å². The third-order valence-corrected chi connectivity index (χ3v) is 2.87. The van der Waals surface area contributed by atoms with Crippen LogP contribution in [-0.2, 0) is 18.2 Å². The zero-order valence-electron chi connectivity index (χ0n) is 11.7.